The molecule has 0 saturated carbocycles. The molecule has 3 saturated heterocycles. The van der Waals surface area contributed by atoms with Crippen LogP contribution in [0.1, 0.15) is 30.1 Å². The minimum absolute atomic E-state index is 0.0717. The minimum atomic E-state index is -0.615. The number of piperidine rings is 3. The van der Waals surface area contributed by atoms with Crippen LogP contribution in [0.25, 0.3) is 32.7 Å². The second-order valence-electron chi connectivity index (χ2n) is 11.4. The van der Waals surface area contributed by atoms with Crippen LogP contribution in [0.3, 0.4) is 0 Å². The highest BCUT2D eigenvalue weighted by Crippen LogP contribution is 2.49. The Hall–Kier alpha value is -3.80. The molecule has 5 unspecified atom stereocenters. The molecule has 2 bridgehead atoms. The molecule has 196 valence electrons. The summed E-state index contributed by atoms with van der Waals surface area (Å²) in [6, 6.07) is 25.0. The molecule has 0 spiro atoms. The maximum atomic E-state index is 12.2. The van der Waals surface area contributed by atoms with Gasteiger partial charge in [-0.15, -0.1) is 6.58 Å². The second kappa shape index (κ2) is 9.44. The Labute approximate surface area is 229 Å². The van der Waals surface area contributed by atoms with Crippen LogP contribution in [0.4, 0.5) is 0 Å². The standard InChI is InChI=1S/C34H34N3O2/c1-3-22-20-37(21-29-25-8-4-6-10-31(25)36-32-11-7-5-9-26(29)32)17-15-23(22)18-33(37)34(38)27-14-16-35-30-13-12-24(39-2)19-28(27)30/h3-14,16,19,22-23,33-34,38H,1,15,17-18,20-21H2,2H3/q+1. The van der Waals surface area contributed by atoms with Crippen molar-refractivity contribution in [1.82, 2.24) is 9.97 Å². The molecular formula is C34H34N3O2+. The van der Waals surface area contributed by atoms with Crippen molar-refractivity contribution in [3.05, 3.63) is 103 Å². The van der Waals surface area contributed by atoms with E-state index in [1.54, 1.807) is 7.11 Å². The lowest BCUT2D eigenvalue weighted by Crippen LogP contribution is -2.67. The highest BCUT2D eigenvalue weighted by Gasteiger charge is 2.54. The van der Waals surface area contributed by atoms with Crippen LogP contribution >= 0.6 is 0 Å². The summed E-state index contributed by atoms with van der Waals surface area (Å²) in [7, 11) is 1.68. The fourth-order valence-corrected chi connectivity index (χ4v) is 7.53. The molecule has 5 heterocycles. The third-order valence-corrected chi connectivity index (χ3v) is 9.51. The van der Waals surface area contributed by atoms with Gasteiger partial charge >= 0.3 is 0 Å². The fraction of sp³-hybridized carbons (Fsp3) is 0.294. The third-order valence-electron chi connectivity index (χ3n) is 9.51. The summed E-state index contributed by atoms with van der Waals surface area (Å²) < 4.78 is 6.38. The Balaban J connectivity index is 1.39. The number of ether oxygens (including phenoxy) is 1. The zero-order chi connectivity index (χ0) is 26.6. The van der Waals surface area contributed by atoms with Crippen molar-refractivity contribution in [3.63, 3.8) is 0 Å². The van der Waals surface area contributed by atoms with Gasteiger partial charge in [0.05, 0.1) is 36.7 Å². The van der Waals surface area contributed by atoms with Gasteiger partial charge < -0.3 is 14.3 Å². The number of aromatic nitrogens is 2. The fourth-order valence-electron chi connectivity index (χ4n) is 7.53. The number of quaternary nitrogens is 1. The molecule has 5 atom stereocenters. The summed E-state index contributed by atoms with van der Waals surface area (Å²) in [4.78, 5) is 9.56. The average Bonchev–Trinajstić information content (AvgIpc) is 3.00. The molecule has 0 aliphatic carbocycles. The number of methoxy groups -OCH3 is 1. The molecule has 3 fully saturated rings. The van der Waals surface area contributed by atoms with Crippen molar-refractivity contribution in [2.24, 2.45) is 11.8 Å². The molecule has 5 heteroatoms. The molecule has 1 N–H and O–H groups in total. The van der Waals surface area contributed by atoms with Gasteiger partial charge in [-0.25, -0.2) is 4.98 Å². The molecule has 5 nitrogen and oxygen atoms in total. The lowest BCUT2D eigenvalue weighted by molar-refractivity contribution is -0.984. The lowest BCUT2D eigenvalue weighted by atomic mass is 9.71. The second-order valence-corrected chi connectivity index (χ2v) is 11.4. The number of benzene rings is 3. The Bertz CT molecular complexity index is 1660. The molecule has 3 aliphatic rings. The maximum absolute atomic E-state index is 12.2. The van der Waals surface area contributed by atoms with Gasteiger partial charge in [-0.2, -0.15) is 0 Å². The van der Waals surface area contributed by atoms with Crippen LogP contribution < -0.4 is 4.74 Å². The van der Waals surface area contributed by atoms with E-state index in [-0.39, 0.29) is 6.04 Å². The van der Waals surface area contributed by atoms with Gasteiger partial charge in [-0.05, 0) is 47.9 Å². The summed E-state index contributed by atoms with van der Waals surface area (Å²) in [6.07, 6.45) is 5.51. The van der Waals surface area contributed by atoms with Crippen LogP contribution in [0.5, 0.6) is 5.75 Å². The molecular weight excluding hydrogens is 482 g/mol. The summed E-state index contributed by atoms with van der Waals surface area (Å²) >= 11 is 0. The normalized spacial score (nSPS) is 25.2. The van der Waals surface area contributed by atoms with Crippen LogP contribution in [-0.4, -0.2) is 45.8 Å². The van der Waals surface area contributed by atoms with Gasteiger partial charge in [0, 0.05) is 46.7 Å². The summed E-state index contributed by atoms with van der Waals surface area (Å²) in [6.45, 7) is 7.12. The average molecular weight is 517 g/mol. The highest BCUT2D eigenvalue weighted by molar-refractivity contribution is 5.97. The van der Waals surface area contributed by atoms with E-state index in [0.29, 0.717) is 11.8 Å². The first kappa shape index (κ1) is 24.3. The van der Waals surface area contributed by atoms with Crippen LogP contribution in [0.15, 0.2) is 91.6 Å². The Morgan fingerprint density at radius 2 is 1.74 bits per heavy atom. The number of hydrogen-bond donors (Lipinski definition) is 1. The Kier molecular flexibility index (Phi) is 5.87. The minimum Gasteiger partial charge on any atom is -0.497 e. The number of fused-ring (bicyclic) bond motifs is 6. The lowest BCUT2D eigenvalue weighted by Gasteiger charge is -2.58. The topological polar surface area (TPSA) is 55.2 Å². The van der Waals surface area contributed by atoms with E-state index in [1.165, 1.54) is 16.3 Å². The van der Waals surface area contributed by atoms with Gasteiger partial charge in [0.15, 0.2) is 0 Å². The first-order chi connectivity index (χ1) is 19.1. The van der Waals surface area contributed by atoms with Gasteiger partial charge in [-0.1, -0.05) is 42.5 Å². The zero-order valence-corrected chi connectivity index (χ0v) is 22.3. The van der Waals surface area contributed by atoms with Crippen molar-refractivity contribution < 1.29 is 14.3 Å². The Morgan fingerprint density at radius 1 is 1.00 bits per heavy atom. The predicted octanol–water partition coefficient (Wildman–Crippen LogP) is 6.59. The van der Waals surface area contributed by atoms with E-state index in [9.17, 15) is 5.11 Å². The van der Waals surface area contributed by atoms with E-state index in [0.717, 1.165) is 70.2 Å². The maximum Gasteiger partial charge on any atom is 0.131 e. The SMILES string of the molecule is C=CC1C[N+]2(Cc3c4ccccc4nc4ccccc34)CCC1CC2C(O)c1ccnc2ccc(OC)cc12. The summed E-state index contributed by atoms with van der Waals surface area (Å²) in [5.74, 6) is 1.78. The number of pyridine rings is 2. The molecule has 0 radical (unpaired) electrons. The van der Waals surface area contributed by atoms with E-state index in [4.69, 9.17) is 9.72 Å². The quantitative estimate of drug-likeness (QED) is 0.157. The molecule has 5 aromatic rings. The van der Waals surface area contributed by atoms with Gasteiger partial charge in [-0.3, -0.25) is 4.98 Å². The first-order valence-corrected chi connectivity index (χ1v) is 14.0. The van der Waals surface area contributed by atoms with Crippen LogP contribution in [0.2, 0.25) is 0 Å². The van der Waals surface area contributed by atoms with Crippen molar-refractivity contribution in [2.45, 2.75) is 31.5 Å². The van der Waals surface area contributed by atoms with E-state index >= 15 is 0 Å². The van der Waals surface area contributed by atoms with Crippen molar-refractivity contribution in [2.75, 3.05) is 20.2 Å². The van der Waals surface area contributed by atoms with Crippen molar-refractivity contribution >= 4 is 32.7 Å². The summed E-state index contributed by atoms with van der Waals surface area (Å²) in [5.41, 5.74) is 5.21. The monoisotopic (exact) mass is 516 g/mol. The number of para-hydroxylation sites is 2. The molecule has 3 aliphatic heterocycles. The van der Waals surface area contributed by atoms with Crippen molar-refractivity contribution in [3.8, 4) is 5.75 Å². The Morgan fingerprint density at radius 3 is 2.46 bits per heavy atom. The zero-order valence-electron chi connectivity index (χ0n) is 22.3. The van der Waals surface area contributed by atoms with Crippen LogP contribution in [0, 0.1) is 11.8 Å². The van der Waals surface area contributed by atoms with Crippen LogP contribution in [-0.2, 0) is 6.54 Å². The van der Waals surface area contributed by atoms with Gasteiger partial charge in [0.25, 0.3) is 0 Å². The first-order valence-electron chi connectivity index (χ1n) is 14.0. The van der Waals surface area contributed by atoms with E-state index in [1.807, 2.05) is 30.5 Å². The largest absolute Gasteiger partial charge is 0.497 e. The summed E-state index contributed by atoms with van der Waals surface area (Å²) in [5, 5.41) is 15.6. The van der Waals surface area contributed by atoms with Crippen molar-refractivity contribution in [1.29, 1.82) is 0 Å². The number of aliphatic hydroxyl groups is 1. The molecule has 0 amide bonds. The molecule has 3 aromatic carbocycles. The third kappa shape index (κ3) is 3.91. The van der Waals surface area contributed by atoms with Gasteiger partial charge in [0.1, 0.15) is 24.4 Å². The smallest absolute Gasteiger partial charge is 0.131 e. The number of aliphatic hydroxyl groups excluding tert-OH is 1. The molecule has 2 aromatic heterocycles. The molecule has 39 heavy (non-hydrogen) atoms. The molecule has 8 rings (SSSR count). The number of nitrogens with zero attached hydrogens (tertiary/aromatic N) is 3. The van der Waals surface area contributed by atoms with Gasteiger partial charge in [0.2, 0.25) is 0 Å². The highest BCUT2D eigenvalue weighted by atomic mass is 16.5. The van der Waals surface area contributed by atoms with E-state index < -0.39 is 6.10 Å². The number of rotatable bonds is 6. The predicted molar refractivity (Wildman–Crippen MR) is 156 cm³/mol. The van der Waals surface area contributed by atoms with E-state index in [2.05, 4.69) is 66.2 Å². The number of hydrogen-bond acceptors (Lipinski definition) is 4.